The first kappa shape index (κ1) is 55.6. The summed E-state index contributed by atoms with van der Waals surface area (Å²) in [5.41, 5.74) is -1.53. The van der Waals surface area contributed by atoms with Crippen molar-refractivity contribution in [3.63, 3.8) is 0 Å². The highest BCUT2D eigenvalue weighted by atomic mass is 32.1. The molecule has 4 aromatic heterocycles. The maximum atomic E-state index is 13.8. The molecule has 6 aromatic rings. The molecule has 0 spiro atoms. The molecule has 6 heterocycles. The van der Waals surface area contributed by atoms with E-state index in [0.717, 1.165) is 22.1 Å². The maximum Gasteiger partial charge on any atom is 0.573 e. The summed E-state index contributed by atoms with van der Waals surface area (Å²) in [7, 11) is 0. The van der Waals surface area contributed by atoms with Gasteiger partial charge in [0, 0.05) is 66.1 Å². The molecule has 414 valence electrons. The molecule has 0 atom stereocenters. The fourth-order valence-electron chi connectivity index (χ4n) is 9.50. The van der Waals surface area contributed by atoms with Crippen LogP contribution in [0.2, 0.25) is 0 Å². The monoisotopic (exact) mass is 1130 g/mol. The van der Waals surface area contributed by atoms with Crippen LogP contribution in [0.3, 0.4) is 0 Å². The van der Waals surface area contributed by atoms with Crippen LogP contribution in [0, 0.1) is 0 Å². The number of pyridine rings is 1. The SMILES string of the molecule is CC(C)(C)OC(=O)N1CCC(c2nc(-c3cc(OC(F)(F)F)c(C(F)(F)F)c(C4CC4)c3)cs2)CC1.O=C(Cn1cnc2cccnc21)N1CCC(c2nc(-c3cc(OC(F)(F)F)c(C(F)(F)F)c(C4CC4)c3)cs2)CC1. The molecule has 2 aliphatic carbocycles. The minimum atomic E-state index is -5.28. The van der Waals surface area contributed by atoms with Crippen molar-refractivity contribution in [1.82, 2.24) is 34.3 Å². The van der Waals surface area contributed by atoms with E-state index < -0.39 is 71.2 Å². The molecule has 2 aromatic carbocycles. The number of rotatable bonds is 10. The third-order valence-corrected chi connectivity index (χ3v) is 15.3. The number of aromatic nitrogens is 5. The molecular weight excluding hydrogens is 1080 g/mol. The number of carbonyl (C=O) groups is 2. The van der Waals surface area contributed by atoms with Crippen molar-refractivity contribution in [3.8, 4) is 34.0 Å². The van der Waals surface area contributed by atoms with E-state index in [1.165, 1.54) is 34.8 Å². The first-order valence-corrected chi connectivity index (χ1v) is 26.3. The number of ether oxygens (including phenoxy) is 3. The average Bonchev–Trinajstić information content (AvgIpc) is 4.24. The van der Waals surface area contributed by atoms with E-state index in [1.54, 1.807) is 64.5 Å². The van der Waals surface area contributed by atoms with Crippen LogP contribution in [0.15, 0.2) is 59.7 Å². The molecule has 4 aliphatic rings. The van der Waals surface area contributed by atoms with Crippen molar-refractivity contribution >= 4 is 45.8 Å². The van der Waals surface area contributed by atoms with Crippen molar-refractivity contribution in [2.45, 2.75) is 133 Å². The van der Waals surface area contributed by atoms with Crippen molar-refractivity contribution in [1.29, 1.82) is 0 Å². The number of amides is 2. The van der Waals surface area contributed by atoms with E-state index in [-0.39, 0.29) is 46.5 Å². The number of hydrogen-bond donors (Lipinski definition) is 0. The van der Waals surface area contributed by atoms with Crippen molar-refractivity contribution in [3.05, 3.63) is 92.0 Å². The number of hydrogen-bond acceptors (Lipinski definition) is 11. The number of likely N-dealkylation sites (tertiary alicyclic amines) is 2. The third kappa shape index (κ3) is 13.8. The fourth-order valence-corrected chi connectivity index (χ4v) is 11.5. The number of benzene rings is 2. The predicted molar refractivity (Wildman–Crippen MR) is 258 cm³/mol. The summed E-state index contributed by atoms with van der Waals surface area (Å²) >= 11 is 2.60. The van der Waals surface area contributed by atoms with Crippen LogP contribution >= 0.6 is 22.7 Å². The molecule has 2 aliphatic heterocycles. The number of halogens is 12. The van der Waals surface area contributed by atoms with Gasteiger partial charge in [-0.25, -0.2) is 24.7 Å². The Morgan fingerprint density at radius 3 is 1.48 bits per heavy atom. The molecule has 77 heavy (non-hydrogen) atoms. The van der Waals surface area contributed by atoms with Gasteiger partial charge >= 0.3 is 31.2 Å². The smallest absolute Gasteiger partial charge is 0.444 e. The summed E-state index contributed by atoms with van der Waals surface area (Å²) < 4.78 is 176. The lowest BCUT2D eigenvalue weighted by molar-refractivity contribution is -0.277. The predicted octanol–water partition coefficient (Wildman–Crippen LogP) is 14.5. The van der Waals surface area contributed by atoms with Crippen LogP contribution in [0.1, 0.15) is 128 Å². The molecule has 2 saturated carbocycles. The number of fused-ring (bicyclic) bond motifs is 1. The van der Waals surface area contributed by atoms with Crippen molar-refractivity contribution < 1.29 is 76.5 Å². The molecule has 26 heteroatoms. The van der Waals surface area contributed by atoms with E-state index in [9.17, 15) is 62.3 Å². The van der Waals surface area contributed by atoms with Crippen LogP contribution < -0.4 is 9.47 Å². The molecule has 0 radical (unpaired) electrons. The molecule has 10 rings (SSSR count). The topological polar surface area (TPSA) is 125 Å². The maximum absolute atomic E-state index is 13.8. The molecule has 2 amide bonds. The second-order valence-corrected chi connectivity index (χ2v) is 22.1. The molecule has 0 N–H and O–H groups in total. The van der Waals surface area contributed by atoms with Gasteiger partial charge in [-0.2, -0.15) is 26.3 Å². The van der Waals surface area contributed by atoms with Crippen LogP contribution in [-0.2, 0) is 28.4 Å². The summed E-state index contributed by atoms with van der Waals surface area (Å²) in [6.45, 7) is 7.39. The van der Waals surface area contributed by atoms with E-state index >= 15 is 0 Å². The van der Waals surface area contributed by atoms with Gasteiger partial charge in [0.05, 0.1) is 27.7 Å². The van der Waals surface area contributed by atoms with Gasteiger partial charge in [-0.05, 0) is 131 Å². The standard InChI is InChI=1S/C27H23F6N5O2S.C24H26F6N2O3S/c28-26(29,30)23-18(15-3-4-15)10-17(11-21(23)40-27(31,32)33)20-13-41-25(36-20)16-5-8-37(9-6-16)22(39)12-38-14-35-19-2-1-7-34-24(19)38;1-22(2,3)35-21(33)32-8-6-14(7-9-32)20-31-17(12-36-20)15-10-16(13-4-5-13)19(23(25,26)27)18(11-15)34-24(28,29)30/h1-2,7,10-11,13-16H,3-6,8-9,12H2;10-14H,4-9H2,1-3H3. The normalized spacial score (nSPS) is 17.3. The van der Waals surface area contributed by atoms with Gasteiger partial charge in [0.1, 0.15) is 40.3 Å². The summed E-state index contributed by atoms with van der Waals surface area (Å²) in [6, 6.07) is 7.71. The minimum Gasteiger partial charge on any atom is -0.444 e. The second-order valence-electron chi connectivity index (χ2n) is 20.3. The number of thiazole rings is 2. The molecule has 0 unspecified atom stereocenters. The highest BCUT2D eigenvalue weighted by Crippen LogP contribution is 2.53. The molecule has 0 bridgehead atoms. The Kier molecular flexibility index (Phi) is 15.3. The molecule has 2 saturated heterocycles. The third-order valence-electron chi connectivity index (χ3n) is 13.3. The van der Waals surface area contributed by atoms with Crippen LogP contribution in [0.25, 0.3) is 33.7 Å². The van der Waals surface area contributed by atoms with Gasteiger partial charge in [-0.15, -0.1) is 49.0 Å². The number of imidazole rings is 1. The lowest BCUT2D eigenvalue weighted by atomic mass is 9.96. The highest BCUT2D eigenvalue weighted by Gasteiger charge is 2.46. The summed E-state index contributed by atoms with van der Waals surface area (Å²) in [5.74, 6) is -3.49. The first-order valence-electron chi connectivity index (χ1n) is 24.5. The Hall–Kier alpha value is -6.18. The lowest BCUT2D eigenvalue weighted by Gasteiger charge is -2.32. The largest absolute Gasteiger partial charge is 0.573 e. The molecular formula is C51H49F12N7O5S2. The molecule has 12 nitrogen and oxygen atoms in total. The van der Waals surface area contributed by atoms with E-state index in [1.807, 2.05) is 6.07 Å². The Morgan fingerprint density at radius 2 is 1.06 bits per heavy atom. The van der Waals surface area contributed by atoms with Crippen molar-refractivity contribution in [2.75, 3.05) is 26.2 Å². The Labute approximate surface area is 440 Å². The van der Waals surface area contributed by atoms with Crippen LogP contribution in [0.4, 0.5) is 57.5 Å². The number of carbonyl (C=O) groups excluding carboxylic acids is 2. The summed E-state index contributed by atoms with van der Waals surface area (Å²) in [5, 5.41) is 4.72. The second kappa shape index (κ2) is 21.2. The van der Waals surface area contributed by atoms with Crippen LogP contribution in [0.5, 0.6) is 11.5 Å². The highest BCUT2D eigenvalue weighted by molar-refractivity contribution is 7.10. The summed E-state index contributed by atoms with van der Waals surface area (Å²) in [6.07, 6.45) is -13.4. The van der Waals surface area contributed by atoms with Gasteiger partial charge in [0.25, 0.3) is 0 Å². The van der Waals surface area contributed by atoms with E-state index in [2.05, 4.69) is 29.4 Å². The Bertz CT molecular complexity index is 3100. The zero-order valence-electron chi connectivity index (χ0n) is 41.3. The lowest BCUT2D eigenvalue weighted by Crippen LogP contribution is -2.41. The number of piperidine rings is 2. The van der Waals surface area contributed by atoms with Gasteiger partial charge in [-0.1, -0.05) is 0 Å². The quantitative estimate of drug-likeness (QED) is 0.123. The zero-order chi connectivity index (χ0) is 55.4. The van der Waals surface area contributed by atoms with Crippen molar-refractivity contribution in [2.24, 2.45) is 0 Å². The zero-order valence-corrected chi connectivity index (χ0v) is 42.9. The average molecular weight is 1130 g/mol. The van der Waals surface area contributed by atoms with Gasteiger partial charge in [0.15, 0.2) is 5.65 Å². The number of alkyl halides is 12. The Balaban J connectivity index is 0.000000189. The Morgan fingerprint density at radius 1 is 0.610 bits per heavy atom. The van der Waals surface area contributed by atoms with E-state index in [4.69, 9.17) is 4.74 Å². The van der Waals surface area contributed by atoms with Gasteiger partial charge in [-0.3, -0.25) is 4.79 Å². The summed E-state index contributed by atoms with van der Waals surface area (Å²) in [4.78, 5) is 46.3. The fraction of sp³-hybridized carbons (Fsp3) is 0.490. The van der Waals surface area contributed by atoms with Gasteiger partial charge < -0.3 is 28.6 Å². The van der Waals surface area contributed by atoms with Crippen LogP contribution in [-0.4, -0.2) is 90.8 Å². The minimum absolute atomic E-state index is 0.0109. The number of nitrogens with zero attached hydrogens (tertiary/aromatic N) is 7. The van der Waals surface area contributed by atoms with Gasteiger partial charge in [0.2, 0.25) is 5.91 Å². The molecule has 4 fully saturated rings. The van der Waals surface area contributed by atoms with E-state index in [0.29, 0.717) is 100 Å². The first-order chi connectivity index (χ1) is 36.1.